The molecule has 2 heteroatoms. The van der Waals surface area contributed by atoms with Crippen molar-refractivity contribution in [3.63, 3.8) is 0 Å². The van der Waals surface area contributed by atoms with Gasteiger partial charge in [-0.05, 0) is 55.5 Å². The Morgan fingerprint density at radius 3 is 2.65 bits per heavy atom. The van der Waals surface area contributed by atoms with E-state index >= 15 is 0 Å². The van der Waals surface area contributed by atoms with Gasteiger partial charge in [-0.3, -0.25) is 0 Å². The second-order valence-corrected chi connectivity index (χ2v) is 5.43. The Balaban J connectivity index is 2.39. The summed E-state index contributed by atoms with van der Waals surface area (Å²) in [4.78, 5) is 0. The highest BCUT2D eigenvalue weighted by atomic mass is 35.5. The van der Waals surface area contributed by atoms with E-state index in [2.05, 4.69) is 38.2 Å². The average molecular weight is 254 g/mol. The van der Waals surface area contributed by atoms with Crippen LogP contribution < -0.4 is 5.32 Å². The molecule has 0 spiro atoms. The Kier molecular flexibility index (Phi) is 6.61. The van der Waals surface area contributed by atoms with Gasteiger partial charge in [0.2, 0.25) is 0 Å². The van der Waals surface area contributed by atoms with Crippen molar-refractivity contribution in [2.24, 2.45) is 11.8 Å². The Bertz CT molecular complexity index is 324. The topological polar surface area (TPSA) is 12.0 Å². The largest absolute Gasteiger partial charge is 0.316 e. The third kappa shape index (κ3) is 5.56. The van der Waals surface area contributed by atoms with Crippen molar-refractivity contribution >= 4 is 11.6 Å². The molecule has 0 bridgehead atoms. The number of nitrogens with one attached hydrogen (secondary N) is 1. The summed E-state index contributed by atoms with van der Waals surface area (Å²) < 4.78 is 0. The van der Waals surface area contributed by atoms with Crippen LogP contribution in [0.1, 0.15) is 32.8 Å². The van der Waals surface area contributed by atoms with Crippen LogP contribution in [0.3, 0.4) is 0 Å². The fourth-order valence-electron chi connectivity index (χ4n) is 1.94. The van der Waals surface area contributed by atoms with Crippen LogP contribution in [0.15, 0.2) is 24.3 Å². The molecule has 0 aliphatic rings. The van der Waals surface area contributed by atoms with Gasteiger partial charge in [0.05, 0.1) is 0 Å². The number of benzene rings is 1. The van der Waals surface area contributed by atoms with Gasteiger partial charge in [0.15, 0.2) is 0 Å². The maximum absolute atomic E-state index is 6.00. The van der Waals surface area contributed by atoms with E-state index in [1.165, 1.54) is 12.0 Å². The minimum atomic E-state index is 0.679. The molecule has 0 aliphatic carbocycles. The van der Waals surface area contributed by atoms with Crippen molar-refractivity contribution < 1.29 is 0 Å². The lowest BCUT2D eigenvalue weighted by Crippen LogP contribution is -2.26. The molecule has 0 amide bonds. The van der Waals surface area contributed by atoms with E-state index in [9.17, 15) is 0 Å². The SMILES string of the molecule is CCCNCC(C)C(C)Cc1cccc(Cl)c1. The summed E-state index contributed by atoms with van der Waals surface area (Å²) in [5.74, 6) is 1.37. The van der Waals surface area contributed by atoms with Crippen molar-refractivity contribution in [2.75, 3.05) is 13.1 Å². The molecule has 1 rings (SSSR count). The van der Waals surface area contributed by atoms with Crippen LogP contribution >= 0.6 is 11.6 Å². The molecule has 2 atom stereocenters. The maximum Gasteiger partial charge on any atom is 0.0408 e. The molecule has 0 radical (unpaired) electrons. The van der Waals surface area contributed by atoms with E-state index in [0.717, 1.165) is 24.5 Å². The Morgan fingerprint density at radius 2 is 2.00 bits per heavy atom. The summed E-state index contributed by atoms with van der Waals surface area (Å²) in [5.41, 5.74) is 1.34. The Morgan fingerprint density at radius 1 is 1.24 bits per heavy atom. The zero-order chi connectivity index (χ0) is 12.7. The van der Waals surface area contributed by atoms with Crippen LogP contribution in [0.4, 0.5) is 0 Å². The van der Waals surface area contributed by atoms with Crippen LogP contribution in [0.2, 0.25) is 5.02 Å². The molecule has 0 saturated heterocycles. The molecule has 1 aromatic carbocycles. The van der Waals surface area contributed by atoms with E-state index < -0.39 is 0 Å². The maximum atomic E-state index is 6.00. The first-order valence-electron chi connectivity index (χ1n) is 6.58. The number of rotatable bonds is 7. The van der Waals surface area contributed by atoms with E-state index in [0.29, 0.717) is 11.8 Å². The van der Waals surface area contributed by atoms with Crippen molar-refractivity contribution in [3.05, 3.63) is 34.9 Å². The second-order valence-electron chi connectivity index (χ2n) is 4.99. The first-order chi connectivity index (χ1) is 8.13. The molecule has 0 aliphatic heterocycles. The first-order valence-corrected chi connectivity index (χ1v) is 6.96. The Hall–Kier alpha value is -0.530. The van der Waals surface area contributed by atoms with E-state index in [4.69, 9.17) is 11.6 Å². The molecule has 2 unspecified atom stereocenters. The van der Waals surface area contributed by atoms with Crippen LogP contribution in [0.25, 0.3) is 0 Å². The highest BCUT2D eigenvalue weighted by molar-refractivity contribution is 6.30. The van der Waals surface area contributed by atoms with E-state index in [1.54, 1.807) is 0 Å². The highest BCUT2D eigenvalue weighted by Crippen LogP contribution is 2.19. The van der Waals surface area contributed by atoms with Gasteiger partial charge in [-0.15, -0.1) is 0 Å². The average Bonchev–Trinajstić information content (AvgIpc) is 2.29. The zero-order valence-corrected chi connectivity index (χ0v) is 11.9. The predicted octanol–water partition coefficient (Wildman–Crippen LogP) is 4.15. The smallest absolute Gasteiger partial charge is 0.0408 e. The summed E-state index contributed by atoms with van der Waals surface area (Å²) in [6.07, 6.45) is 2.31. The number of halogens is 1. The molecule has 0 fully saturated rings. The lowest BCUT2D eigenvalue weighted by atomic mass is 9.89. The summed E-state index contributed by atoms with van der Waals surface area (Å²) >= 11 is 6.00. The van der Waals surface area contributed by atoms with Gasteiger partial charge in [-0.25, -0.2) is 0 Å². The predicted molar refractivity (Wildman–Crippen MR) is 76.6 cm³/mol. The quantitative estimate of drug-likeness (QED) is 0.720. The van der Waals surface area contributed by atoms with Gasteiger partial charge < -0.3 is 5.32 Å². The minimum absolute atomic E-state index is 0.679. The van der Waals surface area contributed by atoms with Crippen LogP contribution in [0, 0.1) is 11.8 Å². The van der Waals surface area contributed by atoms with Crippen LogP contribution in [-0.2, 0) is 6.42 Å². The minimum Gasteiger partial charge on any atom is -0.316 e. The molecule has 1 N–H and O–H groups in total. The molecule has 1 nitrogen and oxygen atoms in total. The molecular formula is C15H24ClN. The molecular weight excluding hydrogens is 230 g/mol. The van der Waals surface area contributed by atoms with Gasteiger partial charge in [0.1, 0.15) is 0 Å². The molecule has 17 heavy (non-hydrogen) atoms. The molecule has 96 valence electrons. The lowest BCUT2D eigenvalue weighted by Gasteiger charge is -2.20. The summed E-state index contributed by atoms with van der Waals surface area (Å²) in [6.45, 7) is 9.06. The normalized spacial score (nSPS) is 14.6. The molecule has 0 heterocycles. The van der Waals surface area contributed by atoms with Gasteiger partial charge in [-0.2, -0.15) is 0 Å². The van der Waals surface area contributed by atoms with Gasteiger partial charge in [0, 0.05) is 5.02 Å². The number of hydrogen-bond acceptors (Lipinski definition) is 1. The van der Waals surface area contributed by atoms with Crippen LogP contribution in [-0.4, -0.2) is 13.1 Å². The van der Waals surface area contributed by atoms with E-state index in [-0.39, 0.29) is 0 Å². The third-order valence-electron chi connectivity index (χ3n) is 3.31. The first kappa shape index (κ1) is 14.5. The standard InChI is InChI=1S/C15H24ClN/c1-4-8-17-11-13(3)12(2)9-14-6-5-7-15(16)10-14/h5-7,10,12-13,17H,4,8-9,11H2,1-3H3. The molecule has 0 saturated carbocycles. The summed E-state index contributed by atoms with van der Waals surface area (Å²) in [5, 5.41) is 4.33. The second kappa shape index (κ2) is 7.73. The van der Waals surface area contributed by atoms with Crippen molar-refractivity contribution in [3.8, 4) is 0 Å². The van der Waals surface area contributed by atoms with Crippen LogP contribution in [0.5, 0.6) is 0 Å². The Labute approximate surface area is 111 Å². The van der Waals surface area contributed by atoms with Gasteiger partial charge in [-0.1, -0.05) is 44.5 Å². The third-order valence-corrected chi connectivity index (χ3v) is 3.55. The van der Waals surface area contributed by atoms with Crippen molar-refractivity contribution in [2.45, 2.75) is 33.6 Å². The van der Waals surface area contributed by atoms with Crippen molar-refractivity contribution in [1.29, 1.82) is 0 Å². The van der Waals surface area contributed by atoms with Crippen molar-refractivity contribution in [1.82, 2.24) is 5.32 Å². The van der Waals surface area contributed by atoms with E-state index in [1.807, 2.05) is 12.1 Å². The monoisotopic (exact) mass is 253 g/mol. The molecule has 1 aromatic rings. The van der Waals surface area contributed by atoms with Gasteiger partial charge in [0.25, 0.3) is 0 Å². The summed E-state index contributed by atoms with van der Waals surface area (Å²) in [6, 6.07) is 8.20. The summed E-state index contributed by atoms with van der Waals surface area (Å²) in [7, 11) is 0. The lowest BCUT2D eigenvalue weighted by molar-refractivity contribution is 0.365. The zero-order valence-electron chi connectivity index (χ0n) is 11.2. The molecule has 0 aromatic heterocycles. The fraction of sp³-hybridized carbons (Fsp3) is 0.600. The highest BCUT2D eigenvalue weighted by Gasteiger charge is 2.12. The van der Waals surface area contributed by atoms with Gasteiger partial charge >= 0.3 is 0 Å². The fourth-order valence-corrected chi connectivity index (χ4v) is 2.16. The number of hydrogen-bond donors (Lipinski definition) is 1.